The molecule has 1 saturated heterocycles. The number of hydrogen-bond donors (Lipinski definition) is 0. The highest BCUT2D eigenvalue weighted by molar-refractivity contribution is 8.26. The largest absolute Gasteiger partial charge is 0.350 e. The Kier molecular flexibility index (Phi) is 4.22. The number of fused-ring (bicyclic) bond motifs is 1. The molecule has 5 heteroatoms. The van der Waals surface area contributed by atoms with Gasteiger partial charge in [-0.2, -0.15) is 0 Å². The number of nitrogens with zero attached hydrogens (tertiary/aromatic N) is 2. The first kappa shape index (κ1) is 15.9. The molecule has 1 aromatic heterocycles. The van der Waals surface area contributed by atoms with E-state index in [0.29, 0.717) is 6.04 Å². The number of rotatable bonds is 2. The zero-order valence-electron chi connectivity index (χ0n) is 13.7. The topological polar surface area (TPSA) is 25.2 Å². The van der Waals surface area contributed by atoms with Crippen LogP contribution in [0.25, 0.3) is 17.0 Å². The highest BCUT2D eigenvalue weighted by Gasteiger charge is 2.37. The molecular weight excluding hydrogens is 336 g/mol. The van der Waals surface area contributed by atoms with E-state index in [1.165, 1.54) is 41.9 Å². The number of aryl methyl sites for hydroxylation is 1. The summed E-state index contributed by atoms with van der Waals surface area (Å²) < 4.78 is 2.82. The summed E-state index contributed by atoms with van der Waals surface area (Å²) in [4.78, 5) is 15.5. The third kappa shape index (κ3) is 2.70. The second-order valence-electron chi connectivity index (χ2n) is 6.56. The maximum Gasteiger partial charge on any atom is 0.266 e. The first-order valence-corrected chi connectivity index (χ1v) is 9.69. The van der Waals surface area contributed by atoms with Crippen molar-refractivity contribution >= 4 is 51.2 Å². The summed E-state index contributed by atoms with van der Waals surface area (Å²) in [6, 6.07) is 8.56. The highest BCUT2D eigenvalue weighted by atomic mass is 32.2. The van der Waals surface area contributed by atoms with E-state index in [2.05, 4.69) is 22.9 Å². The van der Waals surface area contributed by atoms with E-state index in [1.54, 1.807) is 0 Å². The van der Waals surface area contributed by atoms with Crippen LogP contribution in [-0.2, 0) is 11.8 Å². The molecule has 2 fully saturated rings. The molecule has 2 aromatic rings. The molecule has 4 rings (SSSR count). The molecule has 0 bridgehead atoms. The predicted molar refractivity (Wildman–Crippen MR) is 105 cm³/mol. The van der Waals surface area contributed by atoms with E-state index < -0.39 is 0 Å². The first-order valence-electron chi connectivity index (χ1n) is 8.46. The minimum absolute atomic E-state index is 0.0878. The Labute approximate surface area is 151 Å². The lowest BCUT2D eigenvalue weighted by atomic mass is 9.94. The van der Waals surface area contributed by atoms with Gasteiger partial charge in [-0.3, -0.25) is 9.69 Å². The molecule has 24 heavy (non-hydrogen) atoms. The SMILES string of the molecule is Cn1cc(C=C2SC(=S)N(C3CCCCC3)C2=O)c2ccccc21. The second kappa shape index (κ2) is 6.37. The number of amides is 1. The molecule has 0 unspecified atom stereocenters. The molecule has 0 radical (unpaired) electrons. The number of hydrogen-bond acceptors (Lipinski definition) is 3. The Balaban J connectivity index is 1.67. The van der Waals surface area contributed by atoms with Crippen LogP contribution in [-0.4, -0.2) is 25.7 Å². The van der Waals surface area contributed by atoms with Gasteiger partial charge in [-0.1, -0.05) is 61.4 Å². The van der Waals surface area contributed by atoms with Crippen molar-refractivity contribution in [3.63, 3.8) is 0 Å². The monoisotopic (exact) mass is 356 g/mol. The van der Waals surface area contributed by atoms with E-state index >= 15 is 0 Å². The second-order valence-corrected chi connectivity index (χ2v) is 8.23. The van der Waals surface area contributed by atoms with Crippen LogP contribution in [0.1, 0.15) is 37.7 Å². The van der Waals surface area contributed by atoms with E-state index in [-0.39, 0.29) is 5.91 Å². The minimum Gasteiger partial charge on any atom is -0.350 e. The lowest BCUT2D eigenvalue weighted by Crippen LogP contribution is -2.39. The van der Waals surface area contributed by atoms with E-state index in [4.69, 9.17) is 12.2 Å². The van der Waals surface area contributed by atoms with Crippen molar-refractivity contribution in [1.82, 2.24) is 9.47 Å². The zero-order chi connectivity index (χ0) is 16.7. The van der Waals surface area contributed by atoms with Crippen molar-refractivity contribution in [3.05, 3.63) is 40.9 Å². The minimum atomic E-state index is 0.0878. The van der Waals surface area contributed by atoms with Gasteiger partial charge in [0.05, 0.1) is 4.91 Å². The van der Waals surface area contributed by atoms with Gasteiger partial charge in [0.1, 0.15) is 4.32 Å². The van der Waals surface area contributed by atoms with Crippen molar-refractivity contribution in [2.24, 2.45) is 7.05 Å². The summed E-state index contributed by atoms with van der Waals surface area (Å²) in [5.74, 6) is 0.0878. The number of aromatic nitrogens is 1. The first-order chi connectivity index (χ1) is 11.6. The molecule has 1 aliphatic heterocycles. The summed E-state index contributed by atoms with van der Waals surface area (Å²) in [7, 11) is 2.03. The van der Waals surface area contributed by atoms with Crippen molar-refractivity contribution in [1.29, 1.82) is 0 Å². The molecule has 1 aliphatic carbocycles. The van der Waals surface area contributed by atoms with Gasteiger partial charge in [0, 0.05) is 35.8 Å². The van der Waals surface area contributed by atoms with E-state index in [1.807, 2.05) is 30.2 Å². The lowest BCUT2D eigenvalue weighted by Gasteiger charge is -2.29. The fourth-order valence-electron chi connectivity index (χ4n) is 3.76. The number of thiocarbonyl (C=S) groups is 1. The molecule has 1 saturated carbocycles. The fraction of sp³-hybridized carbons (Fsp3) is 0.368. The van der Waals surface area contributed by atoms with Crippen molar-refractivity contribution in [2.45, 2.75) is 38.1 Å². The fourth-order valence-corrected chi connectivity index (χ4v) is 5.15. The average Bonchev–Trinajstić information content (AvgIpc) is 3.06. The molecule has 0 atom stereocenters. The zero-order valence-corrected chi connectivity index (χ0v) is 15.3. The van der Waals surface area contributed by atoms with Crippen LogP contribution < -0.4 is 0 Å². The Morgan fingerprint density at radius 1 is 1.21 bits per heavy atom. The molecule has 3 nitrogen and oxygen atoms in total. The van der Waals surface area contributed by atoms with Gasteiger partial charge in [0.15, 0.2) is 0 Å². The number of carbonyl (C=O) groups is 1. The third-order valence-corrected chi connectivity index (χ3v) is 6.31. The van der Waals surface area contributed by atoms with Gasteiger partial charge >= 0.3 is 0 Å². The van der Waals surface area contributed by atoms with Crippen LogP contribution in [0.2, 0.25) is 0 Å². The predicted octanol–water partition coefficient (Wildman–Crippen LogP) is 4.71. The summed E-state index contributed by atoms with van der Waals surface area (Å²) in [6.45, 7) is 0. The van der Waals surface area contributed by atoms with Gasteiger partial charge in [-0.05, 0) is 25.0 Å². The van der Waals surface area contributed by atoms with Gasteiger partial charge < -0.3 is 4.57 Å². The quantitative estimate of drug-likeness (QED) is 0.575. The Morgan fingerprint density at radius 3 is 2.75 bits per heavy atom. The number of benzene rings is 1. The molecular formula is C19H20N2OS2. The van der Waals surface area contributed by atoms with Crippen LogP contribution in [0.15, 0.2) is 35.4 Å². The van der Waals surface area contributed by atoms with Crippen molar-refractivity contribution in [2.75, 3.05) is 0 Å². The summed E-state index contributed by atoms with van der Waals surface area (Å²) in [5, 5.41) is 1.17. The maximum absolute atomic E-state index is 12.9. The molecule has 0 spiro atoms. The average molecular weight is 357 g/mol. The third-order valence-electron chi connectivity index (χ3n) is 4.98. The normalized spacial score (nSPS) is 21.4. The standard InChI is InChI=1S/C19H20N2OS2/c1-20-12-13(15-9-5-6-10-16(15)20)11-17-18(22)21(19(23)24-17)14-7-3-2-4-8-14/h5-6,9-12,14H,2-4,7-8H2,1H3. The van der Waals surface area contributed by atoms with E-state index in [0.717, 1.165) is 27.6 Å². The Bertz CT molecular complexity index is 846. The van der Waals surface area contributed by atoms with Crippen LogP contribution in [0.4, 0.5) is 0 Å². The molecule has 1 amide bonds. The van der Waals surface area contributed by atoms with Crippen LogP contribution in [0, 0.1) is 0 Å². The maximum atomic E-state index is 12.9. The van der Waals surface area contributed by atoms with Crippen LogP contribution in [0.3, 0.4) is 0 Å². The van der Waals surface area contributed by atoms with Gasteiger partial charge in [-0.15, -0.1) is 0 Å². The molecule has 2 aliphatic rings. The molecule has 2 heterocycles. The summed E-state index contributed by atoms with van der Waals surface area (Å²) >= 11 is 6.96. The van der Waals surface area contributed by atoms with Gasteiger partial charge in [0.25, 0.3) is 5.91 Å². The molecule has 1 aromatic carbocycles. The van der Waals surface area contributed by atoms with Crippen molar-refractivity contribution < 1.29 is 4.79 Å². The van der Waals surface area contributed by atoms with Crippen molar-refractivity contribution in [3.8, 4) is 0 Å². The number of para-hydroxylation sites is 1. The Hall–Kier alpha value is -1.59. The number of thioether (sulfide) groups is 1. The van der Waals surface area contributed by atoms with Crippen LogP contribution in [0.5, 0.6) is 0 Å². The van der Waals surface area contributed by atoms with E-state index in [9.17, 15) is 4.79 Å². The molecule has 0 N–H and O–H groups in total. The summed E-state index contributed by atoms with van der Waals surface area (Å²) in [6.07, 6.45) is 9.91. The van der Waals surface area contributed by atoms with Gasteiger partial charge in [0.2, 0.25) is 0 Å². The highest BCUT2D eigenvalue weighted by Crippen LogP contribution is 2.38. The smallest absolute Gasteiger partial charge is 0.266 e. The number of carbonyl (C=O) groups excluding carboxylic acids is 1. The Morgan fingerprint density at radius 2 is 1.96 bits per heavy atom. The van der Waals surface area contributed by atoms with Crippen LogP contribution >= 0.6 is 24.0 Å². The molecule has 124 valence electrons. The lowest BCUT2D eigenvalue weighted by molar-refractivity contribution is -0.124. The van der Waals surface area contributed by atoms with Gasteiger partial charge in [-0.25, -0.2) is 0 Å². The summed E-state index contributed by atoms with van der Waals surface area (Å²) in [5.41, 5.74) is 2.25.